The third-order valence-corrected chi connectivity index (χ3v) is 6.93. The number of aryl methyl sites for hydroxylation is 1. The number of ether oxygens (including phenoxy) is 1. The molecule has 1 aromatic heterocycles. The molecule has 39 heavy (non-hydrogen) atoms. The van der Waals surface area contributed by atoms with Crippen LogP contribution < -0.4 is 10.1 Å². The Morgan fingerprint density at radius 1 is 1.15 bits per heavy atom. The zero-order valence-corrected chi connectivity index (χ0v) is 23.9. The molecule has 2 aromatic carbocycles. The molecule has 0 aliphatic heterocycles. The number of thiol groups is 1. The number of hydrogen-bond acceptors (Lipinski definition) is 5. The molecule has 0 aliphatic rings. The van der Waals surface area contributed by atoms with Gasteiger partial charge in [-0.25, -0.2) is 9.18 Å². The van der Waals surface area contributed by atoms with Crippen molar-refractivity contribution in [2.75, 3.05) is 12.4 Å². The molecule has 0 unspecified atom stereocenters. The van der Waals surface area contributed by atoms with Gasteiger partial charge in [-0.05, 0) is 48.4 Å². The third kappa shape index (κ3) is 7.62. The lowest BCUT2D eigenvalue weighted by atomic mass is 9.98. The maximum Gasteiger partial charge on any atom is 0.336 e. The lowest BCUT2D eigenvalue weighted by molar-refractivity contribution is -0.125. The number of benzene rings is 2. The number of carboxylic acids is 1. The van der Waals surface area contributed by atoms with Gasteiger partial charge in [0.15, 0.2) is 0 Å². The minimum Gasteiger partial charge on any atom is -0.478 e. The number of carboxylic acid groups (broad SMARTS) is 1. The fourth-order valence-electron chi connectivity index (χ4n) is 4.57. The van der Waals surface area contributed by atoms with Gasteiger partial charge in [0.25, 0.3) is 6.01 Å². The van der Waals surface area contributed by atoms with Crippen LogP contribution in [0.15, 0.2) is 42.5 Å². The summed E-state index contributed by atoms with van der Waals surface area (Å²) in [5.41, 5.74) is 2.85. The van der Waals surface area contributed by atoms with E-state index in [2.05, 4.69) is 36.8 Å². The molecule has 0 fully saturated rings. The predicted molar refractivity (Wildman–Crippen MR) is 154 cm³/mol. The Morgan fingerprint density at radius 3 is 2.51 bits per heavy atom. The Balaban J connectivity index is 1.93. The van der Waals surface area contributed by atoms with Gasteiger partial charge in [0.1, 0.15) is 5.82 Å². The summed E-state index contributed by atoms with van der Waals surface area (Å²) in [7, 11) is 0. The first-order valence-electron chi connectivity index (χ1n) is 13.4. The number of nitrogens with zero attached hydrogens (tertiary/aromatic N) is 2. The highest BCUT2D eigenvalue weighted by atomic mass is 32.1. The molecule has 1 amide bonds. The highest BCUT2D eigenvalue weighted by Gasteiger charge is 2.22. The fraction of sp³-hybridized carbons (Fsp3) is 0.433. The molecule has 2 N–H and O–H groups in total. The lowest BCUT2D eigenvalue weighted by Crippen LogP contribution is -2.33. The third-order valence-electron chi connectivity index (χ3n) is 6.49. The van der Waals surface area contributed by atoms with Crippen molar-refractivity contribution >= 4 is 24.5 Å². The van der Waals surface area contributed by atoms with Crippen LogP contribution in [0.1, 0.15) is 67.8 Å². The number of amides is 1. The Labute approximate surface area is 235 Å². The monoisotopic (exact) mass is 555 g/mol. The van der Waals surface area contributed by atoms with Gasteiger partial charge in [-0.15, -0.1) is 0 Å². The van der Waals surface area contributed by atoms with E-state index >= 15 is 4.39 Å². The maximum atomic E-state index is 15.3. The second-order valence-corrected chi connectivity index (χ2v) is 10.3. The number of halogens is 1. The molecule has 210 valence electrons. The molecular weight excluding hydrogens is 517 g/mol. The fourth-order valence-corrected chi connectivity index (χ4v) is 4.88. The van der Waals surface area contributed by atoms with Crippen LogP contribution in [0.4, 0.5) is 4.39 Å². The highest BCUT2D eigenvalue weighted by Crippen LogP contribution is 2.29. The topological polar surface area (TPSA) is 93.5 Å². The summed E-state index contributed by atoms with van der Waals surface area (Å²) in [5, 5.41) is 12.6. The zero-order valence-electron chi connectivity index (χ0n) is 23.0. The first-order valence-corrected chi connectivity index (χ1v) is 14.0. The Bertz CT molecular complexity index is 1290. The van der Waals surface area contributed by atoms with E-state index in [0.717, 1.165) is 24.2 Å². The predicted octanol–water partition coefficient (Wildman–Crippen LogP) is 6.00. The smallest absolute Gasteiger partial charge is 0.336 e. The van der Waals surface area contributed by atoms with Crippen LogP contribution in [0.2, 0.25) is 0 Å². The number of hydrogen-bond donors (Lipinski definition) is 3. The van der Waals surface area contributed by atoms with Crippen LogP contribution in [0.3, 0.4) is 0 Å². The van der Waals surface area contributed by atoms with Crippen LogP contribution >= 0.6 is 12.6 Å². The lowest BCUT2D eigenvalue weighted by Gasteiger charge is -2.18. The van der Waals surface area contributed by atoms with Crippen molar-refractivity contribution in [3.8, 4) is 17.1 Å². The van der Waals surface area contributed by atoms with E-state index in [9.17, 15) is 14.7 Å². The van der Waals surface area contributed by atoms with E-state index < -0.39 is 11.8 Å². The number of aromatic nitrogens is 2. The molecule has 0 spiro atoms. The molecule has 1 heterocycles. The van der Waals surface area contributed by atoms with E-state index in [-0.39, 0.29) is 36.0 Å². The summed E-state index contributed by atoms with van der Waals surface area (Å²) in [5.74, 6) is -1.05. The first kappa shape index (κ1) is 30.2. The van der Waals surface area contributed by atoms with Crippen molar-refractivity contribution in [3.63, 3.8) is 0 Å². The normalized spacial score (nSPS) is 12.0. The summed E-state index contributed by atoms with van der Waals surface area (Å²) in [4.78, 5) is 29.2. The number of carbonyl (C=O) groups excluding carboxylic acids is 1. The first-order chi connectivity index (χ1) is 18.7. The van der Waals surface area contributed by atoms with Crippen LogP contribution in [0.5, 0.6) is 6.01 Å². The van der Waals surface area contributed by atoms with Crippen LogP contribution in [0, 0.1) is 17.7 Å². The maximum absolute atomic E-state index is 15.3. The minimum atomic E-state index is -1.11. The quantitative estimate of drug-likeness (QED) is 0.212. The van der Waals surface area contributed by atoms with Crippen LogP contribution in [-0.4, -0.2) is 38.9 Å². The second kappa shape index (κ2) is 14.2. The molecule has 0 radical (unpaired) electrons. The van der Waals surface area contributed by atoms with Gasteiger partial charge in [-0.2, -0.15) is 17.6 Å². The molecule has 9 heteroatoms. The van der Waals surface area contributed by atoms with Crippen molar-refractivity contribution in [1.29, 1.82) is 0 Å². The molecular formula is C30H38FN3O4S. The van der Waals surface area contributed by atoms with E-state index in [1.165, 1.54) is 12.1 Å². The molecule has 0 bridgehead atoms. The van der Waals surface area contributed by atoms with Crippen LogP contribution in [0.25, 0.3) is 11.1 Å². The van der Waals surface area contributed by atoms with E-state index in [1.54, 1.807) is 30.3 Å². The summed E-state index contributed by atoms with van der Waals surface area (Å²) in [6.07, 6.45) is 2.18. The molecule has 0 saturated heterocycles. The number of aromatic carboxylic acids is 1. The molecule has 3 aromatic rings. The molecule has 0 saturated carbocycles. The van der Waals surface area contributed by atoms with Gasteiger partial charge in [-0.3, -0.25) is 9.36 Å². The van der Waals surface area contributed by atoms with Crippen molar-refractivity contribution in [2.24, 2.45) is 11.8 Å². The van der Waals surface area contributed by atoms with Gasteiger partial charge < -0.3 is 15.2 Å². The van der Waals surface area contributed by atoms with Crippen molar-refractivity contribution in [2.45, 2.75) is 60.0 Å². The van der Waals surface area contributed by atoms with Gasteiger partial charge in [0.05, 0.1) is 36.6 Å². The Hall–Kier alpha value is -3.33. The average molecular weight is 556 g/mol. The largest absolute Gasteiger partial charge is 0.478 e. The highest BCUT2D eigenvalue weighted by molar-refractivity contribution is 7.80. The summed E-state index contributed by atoms with van der Waals surface area (Å²) < 4.78 is 23.2. The second-order valence-electron chi connectivity index (χ2n) is 9.97. The number of imidazole rings is 1. The molecule has 0 aliphatic carbocycles. The van der Waals surface area contributed by atoms with Gasteiger partial charge >= 0.3 is 5.97 Å². The van der Waals surface area contributed by atoms with Gasteiger partial charge in [0.2, 0.25) is 5.91 Å². The molecule has 7 nitrogen and oxygen atoms in total. The summed E-state index contributed by atoms with van der Waals surface area (Å²) >= 11 is 4.37. The Kier molecular flexibility index (Phi) is 11.0. The average Bonchev–Trinajstić information content (AvgIpc) is 3.24. The van der Waals surface area contributed by atoms with Crippen molar-refractivity contribution < 1.29 is 23.8 Å². The molecule has 1 atom stereocenters. The van der Waals surface area contributed by atoms with Crippen molar-refractivity contribution in [1.82, 2.24) is 14.9 Å². The number of nitrogens with one attached hydrogen (secondary N) is 1. The SMILES string of the molecule is CCCOc1nc(CC)c(CNC(=O)[C@H](CS)CC(C)C)n1Cc1ccc(-c2ccccc2C(=O)O)c(F)c1. The summed E-state index contributed by atoms with van der Waals surface area (Å²) in [6.45, 7) is 9.17. The van der Waals surface area contributed by atoms with Gasteiger partial charge in [-0.1, -0.05) is 58.0 Å². The van der Waals surface area contributed by atoms with Gasteiger partial charge in [0, 0.05) is 17.2 Å². The van der Waals surface area contributed by atoms with Crippen molar-refractivity contribution in [3.05, 3.63) is 70.8 Å². The van der Waals surface area contributed by atoms with E-state index in [0.29, 0.717) is 41.8 Å². The summed E-state index contributed by atoms with van der Waals surface area (Å²) in [6, 6.07) is 11.6. The number of rotatable bonds is 14. The number of carbonyl (C=O) groups is 2. The molecule has 3 rings (SSSR count). The standard InChI is InChI=1S/C30H38FN3O4S/c1-5-13-38-30-33-26(6-2)27(16-32-28(35)21(18-39)14-19(3)4)34(30)17-20-11-12-23(25(31)15-20)22-9-7-8-10-24(22)29(36)37/h7-12,15,19,21,39H,5-6,13-14,16-18H2,1-4H3,(H,32,35)(H,36,37)/t21-/m0/s1. The Morgan fingerprint density at radius 2 is 1.90 bits per heavy atom. The minimum absolute atomic E-state index is 0.0385. The van der Waals surface area contributed by atoms with E-state index in [1.807, 2.05) is 18.4 Å². The van der Waals surface area contributed by atoms with E-state index in [4.69, 9.17) is 4.74 Å². The van der Waals surface area contributed by atoms with Crippen LogP contribution in [-0.2, 0) is 24.3 Å². The zero-order chi connectivity index (χ0) is 28.5.